The zero-order chi connectivity index (χ0) is 19.3. The van der Waals surface area contributed by atoms with Crippen molar-refractivity contribution in [2.24, 2.45) is 5.41 Å². The number of hydrogen-bond acceptors (Lipinski definition) is 3. The lowest BCUT2D eigenvalue weighted by Crippen LogP contribution is -2.24. The fraction of sp³-hybridized carbons (Fsp3) is 0.421. The molecule has 140 valence electrons. The molecule has 0 radical (unpaired) electrons. The van der Waals surface area contributed by atoms with E-state index >= 15 is 0 Å². The second kappa shape index (κ2) is 6.16. The Labute approximate surface area is 149 Å². The molecular formula is C19H20F3NO3. The second-order valence-corrected chi connectivity index (χ2v) is 7.45. The summed E-state index contributed by atoms with van der Waals surface area (Å²) < 4.78 is 44.9. The minimum Gasteiger partial charge on any atom is -0.455 e. The minimum atomic E-state index is -4.58. The van der Waals surface area contributed by atoms with Gasteiger partial charge in [0, 0.05) is 17.5 Å². The lowest BCUT2D eigenvalue weighted by molar-refractivity contribution is -0.136. The van der Waals surface area contributed by atoms with Crippen molar-refractivity contribution < 1.29 is 27.5 Å². The molecule has 1 aliphatic carbocycles. The van der Waals surface area contributed by atoms with Crippen molar-refractivity contribution >= 4 is 11.6 Å². The molecule has 0 saturated heterocycles. The molecule has 1 atom stereocenters. The summed E-state index contributed by atoms with van der Waals surface area (Å²) in [4.78, 5) is 12.5. The van der Waals surface area contributed by atoms with Crippen molar-refractivity contribution in [2.45, 2.75) is 45.9 Å². The standard InChI is InChI=1S/C19H20F3NO3/c1-10-15-13(24)8-18(2,3)9-14(15)26-16(10)17(25)23-12-7-5-4-6-11(12)19(20,21)22/h4-7,13,24H,8-9H2,1-3H3,(H,23,25). The highest BCUT2D eigenvalue weighted by Gasteiger charge is 2.38. The maximum absolute atomic E-state index is 13.1. The van der Waals surface area contributed by atoms with Crippen molar-refractivity contribution in [1.82, 2.24) is 0 Å². The van der Waals surface area contributed by atoms with Gasteiger partial charge >= 0.3 is 6.18 Å². The average Bonchev–Trinajstić information content (AvgIpc) is 2.82. The number of aliphatic hydroxyl groups excluding tert-OH is 1. The third kappa shape index (κ3) is 3.35. The van der Waals surface area contributed by atoms with Crippen LogP contribution in [0.3, 0.4) is 0 Å². The van der Waals surface area contributed by atoms with Gasteiger partial charge in [-0.25, -0.2) is 0 Å². The van der Waals surface area contributed by atoms with Crippen LogP contribution >= 0.6 is 0 Å². The maximum atomic E-state index is 13.1. The molecule has 1 amide bonds. The Morgan fingerprint density at radius 1 is 1.31 bits per heavy atom. The molecule has 1 aliphatic rings. The summed E-state index contributed by atoms with van der Waals surface area (Å²) >= 11 is 0. The Morgan fingerprint density at radius 3 is 2.62 bits per heavy atom. The van der Waals surface area contributed by atoms with Crippen LogP contribution in [-0.4, -0.2) is 11.0 Å². The first-order valence-corrected chi connectivity index (χ1v) is 8.27. The fourth-order valence-electron chi connectivity index (χ4n) is 3.52. The van der Waals surface area contributed by atoms with Crippen molar-refractivity contribution in [3.63, 3.8) is 0 Å². The average molecular weight is 367 g/mol. The van der Waals surface area contributed by atoms with Crippen LogP contribution in [0.5, 0.6) is 0 Å². The number of alkyl halides is 3. The number of carbonyl (C=O) groups is 1. The number of furan rings is 1. The number of para-hydroxylation sites is 1. The van der Waals surface area contributed by atoms with Crippen LogP contribution in [0.1, 0.15) is 59.4 Å². The van der Waals surface area contributed by atoms with Crippen molar-refractivity contribution in [3.05, 3.63) is 52.5 Å². The molecule has 4 nitrogen and oxygen atoms in total. The smallest absolute Gasteiger partial charge is 0.418 e. The van der Waals surface area contributed by atoms with Crippen molar-refractivity contribution in [1.29, 1.82) is 0 Å². The van der Waals surface area contributed by atoms with E-state index in [-0.39, 0.29) is 16.9 Å². The molecule has 1 heterocycles. The van der Waals surface area contributed by atoms with Crippen LogP contribution in [-0.2, 0) is 12.6 Å². The molecule has 0 spiro atoms. The molecule has 3 rings (SSSR count). The number of anilines is 1. The molecule has 1 aromatic carbocycles. The molecule has 0 aliphatic heterocycles. The van der Waals surface area contributed by atoms with Crippen molar-refractivity contribution in [3.8, 4) is 0 Å². The molecule has 1 unspecified atom stereocenters. The van der Waals surface area contributed by atoms with E-state index in [4.69, 9.17) is 4.42 Å². The largest absolute Gasteiger partial charge is 0.455 e. The Morgan fingerprint density at radius 2 is 1.96 bits per heavy atom. The molecule has 0 bridgehead atoms. The number of carbonyl (C=O) groups excluding carboxylic acids is 1. The van der Waals surface area contributed by atoms with E-state index < -0.39 is 23.8 Å². The number of amides is 1. The number of nitrogens with one attached hydrogen (secondary N) is 1. The summed E-state index contributed by atoms with van der Waals surface area (Å²) in [5.74, 6) is -0.317. The lowest BCUT2D eigenvalue weighted by Gasteiger charge is -2.31. The highest BCUT2D eigenvalue weighted by Crippen LogP contribution is 2.44. The van der Waals surface area contributed by atoms with Crippen LogP contribution in [0.2, 0.25) is 0 Å². The first-order valence-electron chi connectivity index (χ1n) is 8.27. The molecule has 2 N–H and O–H groups in total. The van der Waals surface area contributed by atoms with Gasteiger partial charge in [0.05, 0.1) is 17.4 Å². The van der Waals surface area contributed by atoms with E-state index in [2.05, 4.69) is 5.32 Å². The molecular weight excluding hydrogens is 347 g/mol. The molecule has 0 fully saturated rings. The van der Waals surface area contributed by atoms with Crippen LogP contribution in [0.4, 0.5) is 18.9 Å². The normalized spacial score (nSPS) is 19.1. The van der Waals surface area contributed by atoms with E-state index in [9.17, 15) is 23.1 Å². The number of benzene rings is 1. The zero-order valence-corrected chi connectivity index (χ0v) is 14.7. The Kier molecular flexibility index (Phi) is 4.38. The number of rotatable bonds is 2. The summed E-state index contributed by atoms with van der Waals surface area (Å²) in [6.45, 7) is 5.60. The van der Waals surface area contributed by atoms with Gasteiger partial charge in [0.15, 0.2) is 5.76 Å². The Balaban J connectivity index is 1.94. The van der Waals surface area contributed by atoms with Crippen LogP contribution < -0.4 is 5.32 Å². The van der Waals surface area contributed by atoms with Gasteiger partial charge in [-0.3, -0.25) is 4.79 Å². The van der Waals surface area contributed by atoms with Gasteiger partial charge in [-0.05, 0) is 30.9 Å². The maximum Gasteiger partial charge on any atom is 0.418 e. The predicted molar refractivity (Wildman–Crippen MR) is 89.9 cm³/mol. The van der Waals surface area contributed by atoms with E-state index in [1.165, 1.54) is 18.2 Å². The van der Waals surface area contributed by atoms with Gasteiger partial charge in [-0.2, -0.15) is 13.2 Å². The quantitative estimate of drug-likeness (QED) is 0.796. The first-order chi connectivity index (χ1) is 12.0. The molecule has 0 saturated carbocycles. The van der Waals surface area contributed by atoms with E-state index in [0.29, 0.717) is 29.7 Å². The third-order valence-electron chi connectivity index (χ3n) is 4.68. The number of halogens is 3. The highest BCUT2D eigenvalue weighted by molar-refractivity contribution is 6.04. The number of aliphatic hydroxyl groups is 1. The summed E-state index contributed by atoms with van der Waals surface area (Å²) in [5.41, 5.74) is -0.417. The Bertz CT molecular complexity index is 852. The lowest BCUT2D eigenvalue weighted by atomic mass is 9.75. The summed E-state index contributed by atoms with van der Waals surface area (Å²) in [5, 5.41) is 12.7. The summed E-state index contributed by atoms with van der Waals surface area (Å²) in [6, 6.07) is 4.77. The molecule has 2 aromatic rings. The first kappa shape index (κ1) is 18.5. The fourth-order valence-corrected chi connectivity index (χ4v) is 3.52. The minimum absolute atomic E-state index is 0.0660. The number of fused-ring (bicyclic) bond motifs is 1. The molecule has 1 aromatic heterocycles. The second-order valence-electron chi connectivity index (χ2n) is 7.45. The third-order valence-corrected chi connectivity index (χ3v) is 4.68. The number of hydrogen-bond donors (Lipinski definition) is 2. The van der Waals surface area contributed by atoms with Crippen molar-refractivity contribution in [2.75, 3.05) is 5.32 Å². The SMILES string of the molecule is Cc1c(C(=O)Nc2ccccc2C(F)(F)F)oc2c1C(O)CC(C)(C)C2. The van der Waals surface area contributed by atoms with Crippen LogP contribution in [0, 0.1) is 12.3 Å². The van der Waals surface area contributed by atoms with E-state index in [1.807, 2.05) is 13.8 Å². The van der Waals surface area contributed by atoms with Gasteiger partial charge in [0.1, 0.15) is 5.76 Å². The summed E-state index contributed by atoms with van der Waals surface area (Å²) in [7, 11) is 0. The topological polar surface area (TPSA) is 62.5 Å². The van der Waals surface area contributed by atoms with Gasteiger partial charge in [0.25, 0.3) is 5.91 Å². The van der Waals surface area contributed by atoms with Crippen LogP contribution in [0.15, 0.2) is 28.7 Å². The zero-order valence-electron chi connectivity index (χ0n) is 14.7. The van der Waals surface area contributed by atoms with Gasteiger partial charge in [-0.15, -0.1) is 0 Å². The molecule has 7 heteroatoms. The van der Waals surface area contributed by atoms with Gasteiger partial charge in [0.2, 0.25) is 0 Å². The van der Waals surface area contributed by atoms with Crippen LogP contribution in [0.25, 0.3) is 0 Å². The van der Waals surface area contributed by atoms with Gasteiger partial charge in [-0.1, -0.05) is 26.0 Å². The monoisotopic (exact) mass is 367 g/mol. The highest BCUT2D eigenvalue weighted by atomic mass is 19.4. The summed E-state index contributed by atoms with van der Waals surface area (Å²) in [6.07, 6.45) is -4.27. The van der Waals surface area contributed by atoms with E-state index in [0.717, 1.165) is 6.07 Å². The van der Waals surface area contributed by atoms with E-state index in [1.54, 1.807) is 6.92 Å². The van der Waals surface area contributed by atoms with Gasteiger partial charge < -0.3 is 14.8 Å². The molecule has 26 heavy (non-hydrogen) atoms. The Hall–Kier alpha value is -2.28. The predicted octanol–water partition coefficient (Wildman–Crippen LogP) is 4.86.